The van der Waals surface area contributed by atoms with Gasteiger partial charge in [-0.1, -0.05) is 21.6 Å². The normalized spacial score (nSPS) is 10.3. The molecule has 0 saturated carbocycles. The van der Waals surface area contributed by atoms with Crippen molar-refractivity contribution in [1.29, 1.82) is 0 Å². The fourth-order valence-corrected chi connectivity index (χ4v) is 4.21. The molecule has 2 amide bonds. The summed E-state index contributed by atoms with van der Waals surface area (Å²) < 4.78 is 0. The molecule has 8 nitrogen and oxygen atoms in total. The second-order valence-electron chi connectivity index (χ2n) is 6.01. The van der Waals surface area contributed by atoms with Crippen LogP contribution in [0.4, 0.5) is 11.4 Å². The van der Waals surface area contributed by atoms with Crippen LogP contribution in [0, 0.1) is 0 Å². The van der Waals surface area contributed by atoms with Gasteiger partial charge in [0, 0.05) is 35.7 Å². The fraction of sp³-hybridized carbons (Fsp3) is 0.200. The van der Waals surface area contributed by atoms with Gasteiger partial charge in [0.05, 0.1) is 11.1 Å². The lowest BCUT2D eigenvalue weighted by atomic mass is 10.2. The Labute approximate surface area is 180 Å². The van der Waals surface area contributed by atoms with Gasteiger partial charge in [-0.3, -0.25) is 9.59 Å². The van der Waals surface area contributed by atoms with Crippen molar-refractivity contribution >= 4 is 56.7 Å². The first-order valence-electron chi connectivity index (χ1n) is 8.86. The van der Waals surface area contributed by atoms with E-state index >= 15 is 0 Å². The highest BCUT2D eigenvalue weighted by Gasteiger charge is 2.07. The average molecular weight is 449 g/mol. The molecule has 0 atom stereocenters. The maximum absolute atomic E-state index is 11.9. The summed E-state index contributed by atoms with van der Waals surface area (Å²) in [5, 5.41) is 23.1. The lowest BCUT2D eigenvalue weighted by Gasteiger charge is -2.06. The topological polar surface area (TPSA) is 133 Å². The Hall–Kier alpha value is -2.98. The molecule has 30 heavy (non-hydrogen) atoms. The molecule has 0 aliphatic rings. The number of carbonyl (C=O) groups is 4. The average Bonchev–Trinajstić information content (AvgIpc) is 2.71. The molecular weight excluding hydrogens is 428 g/mol. The minimum atomic E-state index is -1.02. The van der Waals surface area contributed by atoms with E-state index in [9.17, 15) is 19.2 Å². The number of amides is 2. The summed E-state index contributed by atoms with van der Waals surface area (Å²) in [6.07, 6.45) is 0.584. The molecule has 2 aromatic rings. The Morgan fingerprint density at radius 1 is 0.633 bits per heavy atom. The van der Waals surface area contributed by atoms with Gasteiger partial charge in [0.1, 0.15) is 0 Å². The Kier molecular flexibility index (Phi) is 9.23. The summed E-state index contributed by atoms with van der Waals surface area (Å²) in [4.78, 5) is 45.4. The van der Waals surface area contributed by atoms with Crippen LogP contribution in [0.3, 0.4) is 0 Å². The van der Waals surface area contributed by atoms with Gasteiger partial charge in [-0.05, 0) is 48.5 Å². The molecule has 0 unspecified atom stereocenters. The van der Waals surface area contributed by atoms with E-state index in [-0.39, 0.29) is 22.9 Å². The minimum absolute atomic E-state index is 0.154. The Balaban J connectivity index is 1.57. The second-order valence-corrected chi connectivity index (χ2v) is 8.71. The van der Waals surface area contributed by atoms with Crippen LogP contribution < -0.4 is 10.6 Å². The van der Waals surface area contributed by atoms with E-state index in [1.165, 1.54) is 70.1 Å². The van der Waals surface area contributed by atoms with Gasteiger partial charge in [-0.2, -0.15) is 0 Å². The summed E-state index contributed by atoms with van der Waals surface area (Å²) in [6.45, 7) is 0. The Morgan fingerprint density at radius 3 is 1.27 bits per heavy atom. The number of hydrogen-bond acceptors (Lipinski definition) is 6. The van der Waals surface area contributed by atoms with Gasteiger partial charge < -0.3 is 20.8 Å². The van der Waals surface area contributed by atoms with Gasteiger partial charge in [0.25, 0.3) is 0 Å². The summed E-state index contributed by atoms with van der Waals surface area (Å²) in [6, 6.07) is 11.9. The summed E-state index contributed by atoms with van der Waals surface area (Å²) >= 11 is 0. The lowest BCUT2D eigenvalue weighted by molar-refractivity contribution is -0.116. The van der Waals surface area contributed by atoms with E-state index in [0.717, 1.165) is 0 Å². The van der Waals surface area contributed by atoms with Crippen LogP contribution in [-0.2, 0) is 9.59 Å². The van der Waals surface area contributed by atoms with Crippen molar-refractivity contribution in [2.24, 2.45) is 0 Å². The third-order valence-corrected chi connectivity index (χ3v) is 6.15. The molecule has 0 radical (unpaired) electrons. The first-order valence-corrected chi connectivity index (χ1v) is 11.3. The highest BCUT2D eigenvalue weighted by molar-refractivity contribution is 8.76. The van der Waals surface area contributed by atoms with Crippen LogP contribution in [0.2, 0.25) is 0 Å². The van der Waals surface area contributed by atoms with E-state index in [4.69, 9.17) is 10.2 Å². The molecule has 2 aromatic carbocycles. The number of carboxylic acids is 2. The Bertz CT molecular complexity index is 825. The van der Waals surface area contributed by atoms with E-state index in [1.807, 2.05) is 0 Å². The molecular formula is C20H20N2O6S2. The maximum atomic E-state index is 11.9. The van der Waals surface area contributed by atoms with Crippen molar-refractivity contribution in [3.05, 3.63) is 59.7 Å². The van der Waals surface area contributed by atoms with Crippen LogP contribution in [0.25, 0.3) is 0 Å². The fourth-order valence-electron chi connectivity index (χ4n) is 2.23. The number of aromatic carboxylic acids is 2. The second kappa shape index (κ2) is 11.9. The number of nitrogens with one attached hydrogen (secondary N) is 2. The SMILES string of the molecule is O=C(CCSSCCC(=O)Nc1ccc(C(=O)O)cc1)Nc1ccc(C(=O)O)cc1. The number of hydrogen-bond donors (Lipinski definition) is 4. The van der Waals surface area contributed by atoms with Gasteiger partial charge in [0.15, 0.2) is 0 Å². The zero-order valence-corrected chi connectivity index (χ0v) is 17.4. The van der Waals surface area contributed by atoms with Crippen molar-refractivity contribution in [3.63, 3.8) is 0 Å². The third kappa shape index (κ3) is 8.18. The van der Waals surface area contributed by atoms with Gasteiger partial charge >= 0.3 is 11.9 Å². The molecule has 2 rings (SSSR count). The first-order chi connectivity index (χ1) is 14.3. The third-order valence-electron chi connectivity index (χ3n) is 3.74. The smallest absolute Gasteiger partial charge is 0.335 e. The highest BCUT2D eigenvalue weighted by Crippen LogP contribution is 2.23. The van der Waals surface area contributed by atoms with Crippen molar-refractivity contribution < 1.29 is 29.4 Å². The zero-order chi connectivity index (χ0) is 21.9. The maximum Gasteiger partial charge on any atom is 0.335 e. The number of rotatable bonds is 11. The standard InChI is InChI=1S/C20H20N2O6S2/c23-17(21-15-5-1-13(2-6-15)19(25)26)9-11-29-30-12-10-18(24)22-16-7-3-14(4-8-16)20(27)28/h1-8H,9-12H2,(H,21,23)(H,22,24)(H,25,26)(H,27,28). The van der Waals surface area contributed by atoms with Crippen molar-refractivity contribution in [2.75, 3.05) is 22.1 Å². The van der Waals surface area contributed by atoms with Crippen molar-refractivity contribution in [3.8, 4) is 0 Å². The predicted molar refractivity (Wildman–Crippen MR) is 118 cm³/mol. The summed E-state index contributed by atoms with van der Waals surface area (Å²) in [5.74, 6) is -1.25. The highest BCUT2D eigenvalue weighted by atomic mass is 33.1. The van der Waals surface area contributed by atoms with Crippen LogP contribution in [0.15, 0.2) is 48.5 Å². The molecule has 0 fully saturated rings. The Morgan fingerprint density at radius 2 is 0.967 bits per heavy atom. The molecule has 0 bridgehead atoms. The molecule has 4 N–H and O–H groups in total. The van der Waals surface area contributed by atoms with Gasteiger partial charge in [0.2, 0.25) is 11.8 Å². The zero-order valence-electron chi connectivity index (χ0n) is 15.8. The van der Waals surface area contributed by atoms with Crippen molar-refractivity contribution in [2.45, 2.75) is 12.8 Å². The molecule has 0 saturated heterocycles. The molecule has 0 aliphatic heterocycles. The summed E-state index contributed by atoms with van der Waals surface area (Å²) in [7, 11) is 2.97. The molecule has 10 heteroatoms. The lowest BCUT2D eigenvalue weighted by Crippen LogP contribution is -2.12. The van der Waals surface area contributed by atoms with Gasteiger partial charge in [-0.15, -0.1) is 0 Å². The van der Waals surface area contributed by atoms with Crippen LogP contribution >= 0.6 is 21.6 Å². The molecule has 0 aromatic heterocycles. The molecule has 0 aliphatic carbocycles. The number of benzene rings is 2. The quantitative estimate of drug-likeness (QED) is 0.301. The largest absolute Gasteiger partial charge is 0.478 e. The first kappa shape index (κ1) is 23.3. The monoisotopic (exact) mass is 448 g/mol. The minimum Gasteiger partial charge on any atom is -0.478 e. The number of carboxylic acid groups (broad SMARTS) is 2. The van der Waals surface area contributed by atoms with Crippen LogP contribution in [0.1, 0.15) is 33.6 Å². The van der Waals surface area contributed by atoms with Gasteiger partial charge in [-0.25, -0.2) is 9.59 Å². The van der Waals surface area contributed by atoms with Crippen LogP contribution in [-0.4, -0.2) is 45.5 Å². The molecule has 0 spiro atoms. The summed E-state index contributed by atoms with van der Waals surface area (Å²) in [5.41, 5.74) is 1.38. The number of carbonyl (C=O) groups excluding carboxylic acids is 2. The van der Waals surface area contributed by atoms with Crippen LogP contribution in [0.5, 0.6) is 0 Å². The molecule has 0 heterocycles. The van der Waals surface area contributed by atoms with E-state index < -0.39 is 11.9 Å². The number of anilines is 2. The molecule has 158 valence electrons. The predicted octanol–water partition coefficient (Wildman–Crippen LogP) is 3.82. The van der Waals surface area contributed by atoms with E-state index in [1.54, 1.807) is 0 Å². The van der Waals surface area contributed by atoms with Crippen molar-refractivity contribution in [1.82, 2.24) is 0 Å². The van der Waals surface area contributed by atoms with E-state index in [2.05, 4.69) is 10.6 Å². The van der Waals surface area contributed by atoms with E-state index in [0.29, 0.717) is 35.7 Å².